The summed E-state index contributed by atoms with van der Waals surface area (Å²) >= 11 is 5.39. The minimum Gasteiger partial charge on any atom is -0.371 e. The highest BCUT2D eigenvalue weighted by Crippen LogP contribution is 2.29. The Kier molecular flexibility index (Phi) is 9.34. The van der Waals surface area contributed by atoms with Crippen LogP contribution in [0.15, 0.2) is 42.5 Å². The molecule has 0 aromatic heterocycles. The molecule has 2 amide bonds. The first-order valence-electron chi connectivity index (χ1n) is 13.5. The number of nitrogens with one attached hydrogen (secondary N) is 2. The van der Waals surface area contributed by atoms with E-state index in [0.717, 1.165) is 51.1 Å². The summed E-state index contributed by atoms with van der Waals surface area (Å²) in [6.07, 6.45) is 3.46. The summed E-state index contributed by atoms with van der Waals surface area (Å²) in [7, 11) is 0. The molecule has 2 heterocycles. The summed E-state index contributed by atoms with van der Waals surface area (Å²) in [5, 5.41) is 17.2. The number of carbonyl (C=O) groups is 2. The summed E-state index contributed by atoms with van der Waals surface area (Å²) in [6, 6.07) is 12.1. The minimum absolute atomic E-state index is 0.112. The average molecular weight is 553 g/mol. The fourth-order valence-corrected chi connectivity index (χ4v) is 5.23. The first-order valence-corrected chi connectivity index (χ1v) is 13.9. The second-order valence-electron chi connectivity index (χ2n) is 10.2. The Morgan fingerprint density at radius 1 is 1.00 bits per heavy atom. The standard InChI is InChI=1S/C28H36N6O4S/c1-3-4-26(35)33-17-15-31(16-18-33)22-7-5-21(6-8-22)29-28(39)30-27(36)24-19-23(34(37)38)9-10-25(24)32-13-11-20(2)12-14-32/h5-10,19-20H,3-4,11-18H2,1-2H3,(H2,29,30,36,39). The first-order chi connectivity index (χ1) is 18.7. The van der Waals surface area contributed by atoms with Gasteiger partial charge in [0.05, 0.1) is 16.2 Å². The van der Waals surface area contributed by atoms with Crippen molar-refractivity contribution in [3.8, 4) is 0 Å². The minimum atomic E-state index is -0.500. The molecule has 2 aliphatic heterocycles. The molecule has 10 nitrogen and oxygen atoms in total. The Bertz CT molecular complexity index is 1210. The molecule has 2 N–H and O–H groups in total. The smallest absolute Gasteiger partial charge is 0.270 e. The molecule has 4 rings (SSSR count). The number of nitrogens with zero attached hydrogens (tertiary/aromatic N) is 4. The largest absolute Gasteiger partial charge is 0.371 e. The second-order valence-corrected chi connectivity index (χ2v) is 10.6. The maximum atomic E-state index is 13.2. The lowest BCUT2D eigenvalue weighted by molar-refractivity contribution is -0.384. The summed E-state index contributed by atoms with van der Waals surface area (Å²) < 4.78 is 0. The second kappa shape index (κ2) is 12.9. The number of piperidine rings is 1. The molecule has 0 atom stereocenters. The van der Waals surface area contributed by atoms with Crippen molar-refractivity contribution in [2.75, 3.05) is 54.4 Å². The zero-order valence-corrected chi connectivity index (χ0v) is 23.3. The number of nitro groups is 1. The van der Waals surface area contributed by atoms with Crippen molar-refractivity contribution < 1.29 is 14.5 Å². The fourth-order valence-electron chi connectivity index (χ4n) is 5.02. The monoisotopic (exact) mass is 552 g/mol. The molecule has 0 radical (unpaired) electrons. The van der Waals surface area contributed by atoms with E-state index in [4.69, 9.17) is 12.2 Å². The van der Waals surface area contributed by atoms with E-state index in [9.17, 15) is 19.7 Å². The van der Waals surface area contributed by atoms with Gasteiger partial charge in [0, 0.05) is 69.2 Å². The van der Waals surface area contributed by atoms with Crippen LogP contribution in [0, 0.1) is 16.0 Å². The molecule has 208 valence electrons. The van der Waals surface area contributed by atoms with Gasteiger partial charge in [-0.2, -0.15) is 0 Å². The van der Waals surface area contributed by atoms with Gasteiger partial charge in [0.15, 0.2) is 5.11 Å². The van der Waals surface area contributed by atoms with Crippen molar-refractivity contribution in [1.82, 2.24) is 10.2 Å². The normalized spacial score (nSPS) is 16.1. The van der Waals surface area contributed by atoms with Gasteiger partial charge in [-0.25, -0.2) is 0 Å². The zero-order chi connectivity index (χ0) is 27.9. The molecule has 0 unspecified atom stereocenters. The molecule has 0 aliphatic carbocycles. The molecule has 0 saturated carbocycles. The van der Waals surface area contributed by atoms with Crippen LogP contribution in [0.2, 0.25) is 0 Å². The number of carbonyl (C=O) groups excluding carboxylic acids is 2. The van der Waals surface area contributed by atoms with Gasteiger partial charge in [0.1, 0.15) is 0 Å². The van der Waals surface area contributed by atoms with Crippen molar-refractivity contribution >= 4 is 51.9 Å². The maximum Gasteiger partial charge on any atom is 0.270 e. The van der Waals surface area contributed by atoms with Crippen LogP contribution < -0.4 is 20.4 Å². The van der Waals surface area contributed by atoms with Crippen LogP contribution in [0.5, 0.6) is 0 Å². The van der Waals surface area contributed by atoms with Gasteiger partial charge >= 0.3 is 0 Å². The van der Waals surface area contributed by atoms with E-state index in [1.54, 1.807) is 6.07 Å². The van der Waals surface area contributed by atoms with E-state index in [1.165, 1.54) is 12.1 Å². The van der Waals surface area contributed by atoms with Gasteiger partial charge in [0.25, 0.3) is 11.6 Å². The third kappa shape index (κ3) is 7.23. The number of thiocarbonyl (C=S) groups is 1. The highest BCUT2D eigenvalue weighted by Gasteiger charge is 2.24. The highest BCUT2D eigenvalue weighted by atomic mass is 32.1. The number of anilines is 3. The molecule has 2 aromatic rings. The van der Waals surface area contributed by atoms with Crippen LogP contribution in [-0.4, -0.2) is 66.0 Å². The fraction of sp³-hybridized carbons (Fsp3) is 0.464. The van der Waals surface area contributed by atoms with Gasteiger partial charge in [-0.1, -0.05) is 13.8 Å². The molecule has 0 spiro atoms. The molecule has 2 aliphatic rings. The maximum absolute atomic E-state index is 13.2. The number of benzene rings is 2. The zero-order valence-electron chi connectivity index (χ0n) is 22.5. The van der Waals surface area contributed by atoms with E-state index in [0.29, 0.717) is 36.8 Å². The van der Waals surface area contributed by atoms with Crippen LogP contribution in [0.25, 0.3) is 0 Å². The Hall–Kier alpha value is -3.73. The number of hydrogen-bond donors (Lipinski definition) is 2. The summed E-state index contributed by atoms with van der Waals surface area (Å²) in [5.74, 6) is 0.339. The van der Waals surface area contributed by atoms with Crippen molar-refractivity contribution in [1.29, 1.82) is 0 Å². The third-order valence-corrected chi connectivity index (χ3v) is 7.58. The van der Waals surface area contributed by atoms with Crippen LogP contribution in [0.1, 0.15) is 49.9 Å². The summed E-state index contributed by atoms with van der Waals surface area (Å²) in [4.78, 5) is 42.5. The van der Waals surface area contributed by atoms with Crippen molar-refractivity contribution in [3.05, 3.63) is 58.1 Å². The molecule has 0 bridgehead atoms. The van der Waals surface area contributed by atoms with E-state index in [-0.39, 0.29) is 22.3 Å². The first kappa shape index (κ1) is 28.3. The number of rotatable bonds is 7. The van der Waals surface area contributed by atoms with Crippen LogP contribution in [-0.2, 0) is 4.79 Å². The molecule has 39 heavy (non-hydrogen) atoms. The third-order valence-electron chi connectivity index (χ3n) is 7.37. The highest BCUT2D eigenvalue weighted by molar-refractivity contribution is 7.80. The number of hydrogen-bond acceptors (Lipinski definition) is 7. The number of nitro benzene ring substituents is 1. The van der Waals surface area contributed by atoms with E-state index < -0.39 is 10.8 Å². The van der Waals surface area contributed by atoms with Crippen LogP contribution in [0.3, 0.4) is 0 Å². The predicted octanol–water partition coefficient (Wildman–Crippen LogP) is 4.41. The Balaban J connectivity index is 1.37. The van der Waals surface area contributed by atoms with E-state index in [2.05, 4.69) is 27.4 Å². The molecule has 11 heteroatoms. The van der Waals surface area contributed by atoms with Crippen molar-refractivity contribution in [2.24, 2.45) is 5.92 Å². The Morgan fingerprint density at radius 2 is 1.67 bits per heavy atom. The summed E-state index contributed by atoms with van der Waals surface area (Å²) in [5.41, 5.74) is 2.53. The van der Waals surface area contributed by atoms with Gasteiger partial charge in [0.2, 0.25) is 5.91 Å². The van der Waals surface area contributed by atoms with Crippen LogP contribution >= 0.6 is 12.2 Å². The number of amides is 2. The number of non-ortho nitro benzene ring substituents is 1. The number of piperazine rings is 1. The topological polar surface area (TPSA) is 111 Å². The average Bonchev–Trinajstić information content (AvgIpc) is 2.93. The predicted molar refractivity (Wildman–Crippen MR) is 158 cm³/mol. The van der Waals surface area contributed by atoms with Gasteiger partial charge in [-0.05, 0) is 67.7 Å². The SMILES string of the molecule is CCCC(=O)N1CCN(c2ccc(NC(=S)NC(=O)c3cc([N+](=O)[O-])ccc3N3CCC(C)CC3)cc2)CC1. The van der Waals surface area contributed by atoms with Gasteiger partial charge in [-0.3, -0.25) is 25.0 Å². The van der Waals surface area contributed by atoms with Crippen LogP contribution in [0.4, 0.5) is 22.7 Å². The lowest BCUT2D eigenvalue weighted by Gasteiger charge is -2.36. The molecule has 2 saturated heterocycles. The summed E-state index contributed by atoms with van der Waals surface area (Å²) in [6.45, 7) is 8.78. The Labute approximate surface area is 234 Å². The van der Waals surface area contributed by atoms with Crippen molar-refractivity contribution in [3.63, 3.8) is 0 Å². The lowest BCUT2D eigenvalue weighted by Crippen LogP contribution is -2.48. The quantitative estimate of drug-likeness (QED) is 0.295. The molecular formula is C28H36N6O4S. The molecule has 2 aromatic carbocycles. The van der Waals surface area contributed by atoms with Gasteiger partial charge < -0.3 is 20.0 Å². The van der Waals surface area contributed by atoms with Crippen molar-refractivity contribution in [2.45, 2.75) is 39.5 Å². The van der Waals surface area contributed by atoms with Gasteiger partial charge in [-0.15, -0.1) is 0 Å². The Morgan fingerprint density at radius 3 is 2.28 bits per heavy atom. The van der Waals surface area contributed by atoms with E-state index in [1.807, 2.05) is 36.1 Å². The lowest BCUT2D eigenvalue weighted by atomic mass is 9.98. The van der Waals surface area contributed by atoms with E-state index >= 15 is 0 Å². The molecular weight excluding hydrogens is 516 g/mol. The molecule has 2 fully saturated rings.